The van der Waals surface area contributed by atoms with Crippen LogP contribution < -0.4 is 4.90 Å². The van der Waals surface area contributed by atoms with Gasteiger partial charge in [0.1, 0.15) is 0 Å². The molecule has 0 aromatic heterocycles. The van der Waals surface area contributed by atoms with Crippen LogP contribution in [0.3, 0.4) is 0 Å². The van der Waals surface area contributed by atoms with E-state index >= 15 is 0 Å². The zero-order valence-electron chi connectivity index (χ0n) is 10.2. The molecule has 0 spiro atoms. The minimum Gasteiger partial charge on any atom is -0.478 e. The monoisotopic (exact) mass is 233 g/mol. The molecule has 1 aromatic rings. The first-order chi connectivity index (χ1) is 8.20. The Hall–Kier alpha value is -1.51. The van der Waals surface area contributed by atoms with E-state index in [9.17, 15) is 4.79 Å². The van der Waals surface area contributed by atoms with Gasteiger partial charge in [0, 0.05) is 18.8 Å². The topological polar surface area (TPSA) is 40.5 Å². The van der Waals surface area contributed by atoms with Gasteiger partial charge in [0.05, 0.1) is 5.56 Å². The Morgan fingerprint density at radius 2 is 2.00 bits per heavy atom. The van der Waals surface area contributed by atoms with Crippen molar-refractivity contribution in [2.75, 3.05) is 18.0 Å². The van der Waals surface area contributed by atoms with Crippen LogP contribution in [0.4, 0.5) is 5.69 Å². The predicted octanol–water partition coefficient (Wildman–Crippen LogP) is 3.01. The Kier molecular flexibility index (Phi) is 3.67. The summed E-state index contributed by atoms with van der Waals surface area (Å²) in [6.07, 6.45) is 3.80. The molecule has 0 heterocycles. The van der Waals surface area contributed by atoms with E-state index in [1.807, 2.05) is 12.1 Å². The highest BCUT2D eigenvalue weighted by Gasteiger charge is 2.24. The summed E-state index contributed by atoms with van der Waals surface area (Å²) >= 11 is 0. The summed E-state index contributed by atoms with van der Waals surface area (Å²) in [6.45, 7) is 4.33. The Bertz CT molecular complexity index is 382. The minimum atomic E-state index is -0.860. The van der Waals surface area contributed by atoms with E-state index in [-0.39, 0.29) is 0 Å². The van der Waals surface area contributed by atoms with E-state index in [0.717, 1.165) is 31.1 Å². The van der Waals surface area contributed by atoms with Crippen molar-refractivity contribution in [1.82, 2.24) is 0 Å². The van der Waals surface area contributed by atoms with E-state index in [0.29, 0.717) is 5.56 Å². The molecular weight excluding hydrogens is 214 g/mol. The lowest BCUT2D eigenvalue weighted by Gasteiger charge is -2.24. The lowest BCUT2D eigenvalue weighted by Crippen LogP contribution is -2.26. The zero-order valence-corrected chi connectivity index (χ0v) is 10.2. The standard InChI is InChI=1S/C14H19NO2/c1-2-9-15(10-11-3-4-11)13-7-5-12(6-8-13)14(16)17/h5-8,11H,2-4,9-10H2,1H3,(H,16,17). The van der Waals surface area contributed by atoms with E-state index in [1.165, 1.54) is 12.8 Å². The fraction of sp³-hybridized carbons (Fsp3) is 0.500. The first-order valence-corrected chi connectivity index (χ1v) is 6.29. The molecule has 0 aliphatic heterocycles. The van der Waals surface area contributed by atoms with Gasteiger partial charge in [0.25, 0.3) is 0 Å². The number of hydrogen-bond acceptors (Lipinski definition) is 2. The molecule has 0 bridgehead atoms. The van der Waals surface area contributed by atoms with E-state index in [1.54, 1.807) is 12.1 Å². The number of hydrogen-bond donors (Lipinski definition) is 1. The van der Waals surface area contributed by atoms with Crippen LogP contribution in [0.2, 0.25) is 0 Å². The van der Waals surface area contributed by atoms with E-state index < -0.39 is 5.97 Å². The maximum absolute atomic E-state index is 10.8. The summed E-state index contributed by atoms with van der Waals surface area (Å²) in [4.78, 5) is 13.1. The summed E-state index contributed by atoms with van der Waals surface area (Å²) < 4.78 is 0. The van der Waals surface area contributed by atoms with Gasteiger partial charge in [-0.1, -0.05) is 6.92 Å². The fourth-order valence-electron chi connectivity index (χ4n) is 2.02. The predicted molar refractivity (Wildman–Crippen MR) is 68.6 cm³/mol. The van der Waals surface area contributed by atoms with Gasteiger partial charge < -0.3 is 10.0 Å². The van der Waals surface area contributed by atoms with Gasteiger partial charge in [-0.15, -0.1) is 0 Å². The molecule has 0 amide bonds. The van der Waals surface area contributed by atoms with Crippen molar-refractivity contribution in [3.05, 3.63) is 29.8 Å². The lowest BCUT2D eigenvalue weighted by molar-refractivity contribution is 0.0697. The van der Waals surface area contributed by atoms with Crippen molar-refractivity contribution < 1.29 is 9.90 Å². The van der Waals surface area contributed by atoms with Crippen molar-refractivity contribution in [1.29, 1.82) is 0 Å². The van der Waals surface area contributed by atoms with Crippen molar-refractivity contribution in [2.24, 2.45) is 5.92 Å². The van der Waals surface area contributed by atoms with Crippen LogP contribution in [0.25, 0.3) is 0 Å². The molecule has 1 aromatic carbocycles. The van der Waals surface area contributed by atoms with E-state index in [4.69, 9.17) is 5.11 Å². The Morgan fingerprint density at radius 1 is 1.35 bits per heavy atom. The van der Waals surface area contributed by atoms with Gasteiger partial charge in [-0.25, -0.2) is 4.79 Å². The average molecular weight is 233 g/mol. The second-order valence-corrected chi connectivity index (χ2v) is 4.74. The van der Waals surface area contributed by atoms with Crippen LogP contribution in [0.1, 0.15) is 36.5 Å². The molecule has 1 aliphatic rings. The summed E-state index contributed by atoms with van der Waals surface area (Å²) in [5.41, 5.74) is 1.50. The average Bonchev–Trinajstić information content (AvgIpc) is 3.13. The second kappa shape index (κ2) is 5.21. The Balaban J connectivity index is 2.08. The highest BCUT2D eigenvalue weighted by atomic mass is 16.4. The van der Waals surface area contributed by atoms with Crippen molar-refractivity contribution in [3.8, 4) is 0 Å². The summed E-state index contributed by atoms with van der Waals surface area (Å²) in [6, 6.07) is 7.21. The number of rotatable bonds is 6. The van der Waals surface area contributed by atoms with Crippen molar-refractivity contribution >= 4 is 11.7 Å². The van der Waals surface area contributed by atoms with E-state index in [2.05, 4.69) is 11.8 Å². The molecule has 17 heavy (non-hydrogen) atoms. The molecule has 92 valence electrons. The van der Waals surface area contributed by atoms with Crippen molar-refractivity contribution in [3.63, 3.8) is 0 Å². The molecule has 0 unspecified atom stereocenters. The van der Waals surface area contributed by atoms with Gasteiger partial charge in [0.2, 0.25) is 0 Å². The molecule has 1 fully saturated rings. The van der Waals surface area contributed by atoms with Gasteiger partial charge in [-0.2, -0.15) is 0 Å². The third kappa shape index (κ3) is 3.22. The van der Waals surface area contributed by atoms with Gasteiger partial charge in [-0.3, -0.25) is 0 Å². The molecule has 1 N–H and O–H groups in total. The number of aromatic carboxylic acids is 1. The third-order valence-corrected chi connectivity index (χ3v) is 3.15. The van der Waals surface area contributed by atoms with Crippen LogP contribution in [-0.4, -0.2) is 24.2 Å². The zero-order chi connectivity index (χ0) is 12.3. The maximum atomic E-state index is 10.8. The summed E-state index contributed by atoms with van der Waals surface area (Å²) in [5.74, 6) is -0.0125. The van der Waals surface area contributed by atoms with Crippen LogP contribution in [0.15, 0.2) is 24.3 Å². The summed E-state index contributed by atoms with van der Waals surface area (Å²) in [7, 11) is 0. The SMILES string of the molecule is CCCN(CC1CC1)c1ccc(C(=O)O)cc1. The van der Waals surface area contributed by atoms with Gasteiger partial charge >= 0.3 is 5.97 Å². The number of carboxylic acid groups (broad SMARTS) is 1. The second-order valence-electron chi connectivity index (χ2n) is 4.74. The first-order valence-electron chi connectivity index (χ1n) is 6.29. The van der Waals surface area contributed by atoms with Crippen LogP contribution in [0, 0.1) is 5.92 Å². The molecule has 1 aliphatic carbocycles. The number of benzene rings is 1. The van der Waals surface area contributed by atoms with Gasteiger partial charge in [-0.05, 0) is 49.4 Å². The molecule has 0 saturated heterocycles. The number of carboxylic acids is 1. The third-order valence-electron chi connectivity index (χ3n) is 3.15. The molecule has 2 rings (SSSR count). The quantitative estimate of drug-likeness (QED) is 0.821. The number of nitrogens with zero attached hydrogens (tertiary/aromatic N) is 1. The molecule has 1 saturated carbocycles. The molecule has 0 atom stereocenters. The summed E-state index contributed by atoms with van der Waals surface area (Å²) in [5, 5.41) is 8.86. The largest absolute Gasteiger partial charge is 0.478 e. The number of carbonyl (C=O) groups is 1. The molecule has 3 nitrogen and oxygen atoms in total. The Morgan fingerprint density at radius 3 is 2.47 bits per heavy atom. The Labute approximate surface area is 102 Å². The smallest absolute Gasteiger partial charge is 0.335 e. The van der Waals surface area contributed by atoms with Crippen LogP contribution in [-0.2, 0) is 0 Å². The fourth-order valence-corrected chi connectivity index (χ4v) is 2.02. The highest BCUT2D eigenvalue weighted by Crippen LogP contribution is 2.31. The van der Waals surface area contributed by atoms with Crippen LogP contribution >= 0.6 is 0 Å². The maximum Gasteiger partial charge on any atom is 0.335 e. The molecular formula is C14H19NO2. The first kappa shape index (κ1) is 12.0. The molecule has 3 heteroatoms. The normalized spacial score (nSPS) is 14.6. The lowest BCUT2D eigenvalue weighted by atomic mass is 10.2. The van der Waals surface area contributed by atoms with Crippen LogP contribution in [0.5, 0.6) is 0 Å². The van der Waals surface area contributed by atoms with Crippen molar-refractivity contribution in [2.45, 2.75) is 26.2 Å². The highest BCUT2D eigenvalue weighted by molar-refractivity contribution is 5.88. The minimum absolute atomic E-state index is 0.358. The number of anilines is 1. The van der Waals surface area contributed by atoms with Gasteiger partial charge in [0.15, 0.2) is 0 Å². The molecule has 0 radical (unpaired) electrons.